The zero-order valence-corrected chi connectivity index (χ0v) is 29.2. The molecule has 1 saturated carbocycles. The molecule has 53 heavy (non-hydrogen) atoms. The molecule has 14 nitrogen and oxygen atoms in total. The summed E-state index contributed by atoms with van der Waals surface area (Å²) >= 11 is 6.14. The van der Waals surface area contributed by atoms with Gasteiger partial charge in [0.1, 0.15) is 23.7 Å². The minimum atomic E-state index is -1.18. The fraction of sp³-hybridized carbons (Fsp3) is 0.405. The van der Waals surface area contributed by atoms with Crippen LogP contribution in [0.4, 0.5) is 10.2 Å². The van der Waals surface area contributed by atoms with Gasteiger partial charge in [0.15, 0.2) is 11.5 Å². The number of primary amides is 1. The number of nitriles is 1. The Bertz CT molecular complexity index is 2090. The smallest absolute Gasteiger partial charge is 0.269 e. The summed E-state index contributed by atoms with van der Waals surface area (Å²) in [5.41, 5.74) is 5.91. The first-order chi connectivity index (χ1) is 25.5. The van der Waals surface area contributed by atoms with Crippen LogP contribution in [0.1, 0.15) is 87.3 Å². The molecule has 272 valence electrons. The van der Waals surface area contributed by atoms with Gasteiger partial charge in [0.25, 0.3) is 23.6 Å². The summed E-state index contributed by atoms with van der Waals surface area (Å²) in [4.78, 5) is 72.2. The van der Waals surface area contributed by atoms with E-state index in [1.165, 1.54) is 17.0 Å². The molecule has 3 atom stereocenters. The number of likely N-dealkylation sites (tertiary alicyclic amines) is 1. The monoisotopic (exact) mass is 740 g/mol. The van der Waals surface area contributed by atoms with Crippen LogP contribution < -0.4 is 15.4 Å². The van der Waals surface area contributed by atoms with E-state index in [1.54, 1.807) is 24.3 Å². The Kier molecular flexibility index (Phi) is 8.82. The first-order valence-corrected chi connectivity index (χ1v) is 17.9. The standard InChI is InChI=1S/C37H34ClFN8O6/c38-28-13-25(4-1-19(28)15-40)53-24-5-2-21(3-6-24)46-33(48)10-8-31(37(46)52)47-35(50)26-11-20(29(39)14-27(26)36(47)51)16-45-22-12-23(45)18-44(17-22)32-9-7-30(34(41)49)42-43-32/h1,4,7,9,11,13-14,21-24,31H,2-3,5-6,8,10,12,16-18H2,(H2,41,49)/t21?,22-,23-,24?,31-/m1/s1. The Morgan fingerprint density at radius 2 is 1.64 bits per heavy atom. The van der Waals surface area contributed by atoms with Gasteiger partial charge < -0.3 is 15.4 Å². The number of benzene rings is 2. The highest BCUT2D eigenvalue weighted by Gasteiger charge is 2.50. The van der Waals surface area contributed by atoms with Gasteiger partial charge in [-0.15, -0.1) is 10.2 Å². The highest BCUT2D eigenvalue weighted by Crippen LogP contribution is 2.38. The molecule has 2 aromatic carbocycles. The molecule has 5 amide bonds. The average Bonchev–Trinajstić information content (AvgIpc) is 3.38. The third-order valence-corrected chi connectivity index (χ3v) is 11.4. The van der Waals surface area contributed by atoms with Crippen LogP contribution in [0.5, 0.6) is 5.75 Å². The highest BCUT2D eigenvalue weighted by atomic mass is 35.5. The molecule has 5 fully saturated rings. The first kappa shape index (κ1) is 34.6. The van der Waals surface area contributed by atoms with Crippen molar-refractivity contribution in [1.29, 1.82) is 5.26 Å². The van der Waals surface area contributed by atoms with Crippen LogP contribution in [-0.4, -0.2) is 97.8 Å². The number of halogens is 2. The summed E-state index contributed by atoms with van der Waals surface area (Å²) in [6.07, 6.45) is 2.74. The topological polar surface area (TPSA) is 183 Å². The lowest BCUT2D eigenvalue weighted by molar-refractivity contribution is -0.155. The van der Waals surface area contributed by atoms with Gasteiger partial charge in [-0.3, -0.25) is 38.7 Å². The number of piperazine rings is 1. The van der Waals surface area contributed by atoms with E-state index < -0.39 is 41.5 Å². The van der Waals surface area contributed by atoms with Gasteiger partial charge >= 0.3 is 0 Å². The quantitative estimate of drug-likeness (QED) is 0.335. The highest BCUT2D eigenvalue weighted by molar-refractivity contribution is 6.31. The van der Waals surface area contributed by atoms with E-state index in [0.29, 0.717) is 55.9 Å². The van der Waals surface area contributed by atoms with Crippen molar-refractivity contribution in [2.75, 3.05) is 18.0 Å². The van der Waals surface area contributed by atoms with Crippen LogP contribution in [-0.2, 0) is 16.1 Å². The maximum atomic E-state index is 15.6. The Morgan fingerprint density at radius 1 is 0.925 bits per heavy atom. The van der Waals surface area contributed by atoms with Crippen molar-refractivity contribution in [2.24, 2.45) is 5.73 Å². The predicted octanol–water partition coefficient (Wildman–Crippen LogP) is 3.21. The lowest BCUT2D eigenvalue weighted by atomic mass is 9.86. The second kappa shape index (κ2) is 13.5. The van der Waals surface area contributed by atoms with Gasteiger partial charge in [0, 0.05) is 55.8 Å². The molecule has 16 heteroatoms. The number of nitrogens with zero attached hydrogens (tertiary/aromatic N) is 7. The van der Waals surface area contributed by atoms with E-state index in [4.69, 9.17) is 27.3 Å². The zero-order valence-electron chi connectivity index (χ0n) is 28.4. The Labute approximate surface area is 308 Å². The van der Waals surface area contributed by atoms with E-state index in [9.17, 15) is 24.0 Å². The predicted molar refractivity (Wildman–Crippen MR) is 185 cm³/mol. The van der Waals surface area contributed by atoms with Gasteiger partial charge in [0.2, 0.25) is 5.91 Å². The molecule has 1 aromatic heterocycles. The number of ether oxygens (including phenoxy) is 1. The van der Waals surface area contributed by atoms with Crippen LogP contribution in [0, 0.1) is 17.1 Å². The van der Waals surface area contributed by atoms with E-state index in [-0.39, 0.29) is 70.9 Å². The molecule has 2 bridgehead atoms. The summed E-state index contributed by atoms with van der Waals surface area (Å²) in [7, 11) is 0. The molecular formula is C37H34ClFN8O6. The van der Waals surface area contributed by atoms with E-state index in [0.717, 1.165) is 17.4 Å². The van der Waals surface area contributed by atoms with E-state index >= 15 is 4.39 Å². The number of rotatable bonds is 8. The van der Waals surface area contributed by atoms with Crippen molar-refractivity contribution in [3.8, 4) is 11.8 Å². The zero-order chi connectivity index (χ0) is 37.1. The molecule has 2 N–H and O–H groups in total. The van der Waals surface area contributed by atoms with Gasteiger partial charge in [-0.1, -0.05) is 11.6 Å². The van der Waals surface area contributed by atoms with Crippen LogP contribution in [0.3, 0.4) is 0 Å². The van der Waals surface area contributed by atoms with E-state index in [2.05, 4.69) is 20.0 Å². The van der Waals surface area contributed by atoms with Crippen molar-refractivity contribution >= 4 is 47.0 Å². The molecule has 6 heterocycles. The lowest BCUT2D eigenvalue weighted by Crippen LogP contribution is -2.68. The molecule has 0 spiro atoms. The van der Waals surface area contributed by atoms with Gasteiger partial charge in [0.05, 0.1) is 27.8 Å². The summed E-state index contributed by atoms with van der Waals surface area (Å²) < 4.78 is 21.7. The molecule has 3 aromatic rings. The molecule has 0 unspecified atom stereocenters. The third kappa shape index (κ3) is 6.15. The largest absolute Gasteiger partial charge is 0.490 e. The first-order valence-electron chi connectivity index (χ1n) is 17.6. The van der Waals surface area contributed by atoms with Gasteiger partial charge in [-0.05, 0) is 74.9 Å². The summed E-state index contributed by atoms with van der Waals surface area (Å²) in [6, 6.07) is 11.2. The average molecular weight is 741 g/mol. The Hall–Kier alpha value is -5.46. The number of carbonyl (C=O) groups is 5. The van der Waals surface area contributed by atoms with Crippen molar-refractivity contribution in [3.05, 3.63) is 81.3 Å². The number of fused-ring (bicyclic) bond motifs is 3. The Morgan fingerprint density at radius 3 is 2.28 bits per heavy atom. The third-order valence-electron chi connectivity index (χ3n) is 11.1. The Balaban J connectivity index is 0.915. The number of aromatic nitrogens is 2. The number of nitrogens with two attached hydrogens (primary N) is 1. The van der Waals surface area contributed by atoms with Crippen LogP contribution in [0.25, 0.3) is 0 Å². The van der Waals surface area contributed by atoms with Crippen molar-refractivity contribution in [3.63, 3.8) is 0 Å². The maximum absolute atomic E-state index is 15.6. The fourth-order valence-electron chi connectivity index (χ4n) is 8.37. The number of hydrogen-bond donors (Lipinski definition) is 1. The normalized spacial score (nSPS) is 25.6. The minimum absolute atomic E-state index is 0.00382. The van der Waals surface area contributed by atoms with Crippen molar-refractivity contribution in [2.45, 2.75) is 81.8 Å². The van der Waals surface area contributed by atoms with Crippen molar-refractivity contribution < 1.29 is 33.1 Å². The molecule has 6 aliphatic rings. The summed E-state index contributed by atoms with van der Waals surface area (Å²) in [5, 5.41) is 17.4. The number of carbonyl (C=O) groups excluding carboxylic acids is 5. The second-order valence-corrected chi connectivity index (χ2v) is 14.6. The SMILES string of the molecule is N#Cc1ccc(OC2CCC(N3C(=O)CC[C@@H](N4C(=O)c5cc(F)c(CN6[C@@H]7C[C@@H]6CN(c6ccc(C(N)=O)nn6)C7)cc5C4=O)C3=O)CC2)cc1Cl. The molecule has 9 rings (SSSR count). The summed E-state index contributed by atoms with van der Waals surface area (Å²) in [6.45, 7) is 1.45. The number of imide groups is 2. The summed E-state index contributed by atoms with van der Waals surface area (Å²) in [5.74, 6) is -2.52. The molecule has 0 radical (unpaired) electrons. The second-order valence-electron chi connectivity index (χ2n) is 14.2. The molecule has 5 aliphatic heterocycles. The van der Waals surface area contributed by atoms with Crippen molar-refractivity contribution in [1.82, 2.24) is 24.9 Å². The lowest BCUT2D eigenvalue weighted by Gasteiger charge is -2.56. The van der Waals surface area contributed by atoms with E-state index in [1.807, 2.05) is 6.07 Å². The number of anilines is 1. The van der Waals surface area contributed by atoms with Crippen LogP contribution in [0.2, 0.25) is 5.02 Å². The minimum Gasteiger partial charge on any atom is -0.490 e. The number of piperidine rings is 2. The molecule has 4 saturated heterocycles. The van der Waals surface area contributed by atoms with Gasteiger partial charge in [-0.25, -0.2) is 4.39 Å². The maximum Gasteiger partial charge on any atom is 0.269 e. The molecular weight excluding hydrogens is 707 g/mol. The number of hydrogen-bond acceptors (Lipinski definition) is 11. The fourth-order valence-corrected chi connectivity index (χ4v) is 8.58. The van der Waals surface area contributed by atoms with Crippen LogP contribution in [0.15, 0.2) is 42.5 Å². The van der Waals surface area contributed by atoms with Gasteiger partial charge in [-0.2, -0.15) is 5.26 Å². The van der Waals surface area contributed by atoms with Crippen LogP contribution >= 0.6 is 11.6 Å². The number of amides is 5. The molecule has 1 aliphatic carbocycles.